The van der Waals surface area contributed by atoms with Gasteiger partial charge in [0.1, 0.15) is 12.4 Å². The van der Waals surface area contributed by atoms with Gasteiger partial charge in [-0.3, -0.25) is 19.3 Å². The minimum atomic E-state index is -1.07. The van der Waals surface area contributed by atoms with E-state index in [0.717, 1.165) is 11.0 Å². The van der Waals surface area contributed by atoms with Gasteiger partial charge >= 0.3 is 17.8 Å². The lowest BCUT2D eigenvalue weighted by Crippen LogP contribution is -2.40. The molecule has 0 unspecified atom stereocenters. The number of hydrogen-bond donors (Lipinski definition) is 1. The molecule has 0 bridgehead atoms. The summed E-state index contributed by atoms with van der Waals surface area (Å²) in [6.07, 6.45) is 0. The summed E-state index contributed by atoms with van der Waals surface area (Å²) < 4.78 is 14.1. The fourth-order valence-electron chi connectivity index (χ4n) is 2.04. The molecule has 0 saturated carbocycles. The van der Waals surface area contributed by atoms with Gasteiger partial charge in [0.25, 0.3) is 0 Å². The molecule has 0 radical (unpaired) electrons. The highest BCUT2D eigenvalue weighted by Crippen LogP contribution is 2.20. The van der Waals surface area contributed by atoms with Gasteiger partial charge in [-0.05, 0) is 32.0 Å². The number of hydrogen-bond acceptors (Lipinski definition) is 4. The predicted molar refractivity (Wildman–Crippen MR) is 81.8 cm³/mol. The van der Waals surface area contributed by atoms with Crippen LogP contribution in [-0.2, 0) is 14.4 Å². The first-order chi connectivity index (χ1) is 10.7. The highest BCUT2D eigenvalue weighted by atomic mass is 79.9. The molecule has 122 valence electrons. The number of benzene rings is 1. The lowest BCUT2D eigenvalue weighted by Gasteiger charge is -2.18. The summed E-state index contributed by atoms with van der Waals surface area (Å²) >= 11 is 3.08. The quantitative estimate of drug-likeness (QED) is 0.631. The summed E-state index contributed by atoms with van der Waals surface area (Å²) in [5, 5.41) is 2.25. The van der Waals surface area contributed by atoms with E-state index >= 15 is 0 Å². The molecule has 1 heterocycles. The molecule has 9 heteroatoms. The van der Waals surface area contributed by atoms with Gasteiger partial charge in [-0.2, -0.15) is 0 Å². The Morgan fingerprint density at radius 1 is 1.26 bits per heavy atom. The summed E-state index contributed by atoms with van der Waals surface area (Å²) in [5.41, 5.74) is -0.0932. The lowest BCUT2D eigenvalue weighted by molar-refractivity contribution is -0.144. The number of nitrogens with one attached hydrogen (secondary N) is 1. The van der Waals surface area contributed by atoms with Gasteiger partial charge in [-0.25, -0.2) is 14.1 Å². The summed E-state index contributed by atoms with van der Waals surface area (Å²) in [6, 6.07) is 2.65. The fraction of sp³-hybridized carbons (Fsp3) is 0.286. The Bertz CT molecular complexity index is 707. The van der Waals surface area contributed by atoms with E-state index in [1.165, 1.54) is 12.1 Å². The summed E-state index contributed by atoms with van der Waals surface area (Å²) in [7, 11) is 0. The van der Waals surface area contributed by atoms with Crippen molar-refractivity contribution >= 4 is 45.4 Å². The number of nitrogens with zero attached hydrogens (tertiary/aromatic N) is 2. The van der Waals surface area contributed by atoms with Gasteiger partial charge in [0.2, 0.25) is 5.91 Å². The Hall–Kier alpha value is -2.29. The number of imide groups is 2. The SMILES string of the molecule is CC(C)N1C(=O)C(=O)N(CC(=O)Nc2ccc(Br)cc2F)C1=O. The van der Waals surface area contributed by atoms with Crippen molar-refractivity contribution in [1.82, 2.24) is 9.80 Å². The Kier molecular flexibility index (Phi) is 4.79. The van der Waals surface area contributed by atoms with E-state index in [9.17, 15) is 23.6 Å². The van der Waals surface area contributed by atoms with Gasteiger partial charge in [-0.15, -0.1) is 0 Å². The van der Waals surface area contributed by atoms with E-state index in [-0.39, 0.29) is 5.69 Å². The minimum Gasteiger partial charge on any atom is -0.322 e. The monoisotopic (exact) mass is 385 g/mol. The Morgan fingerprint density at radius 2 is 1.91 bits per heavy atom. The molecule has 2 rings (SSSR count). The molecule has 1 fully saturated rings. The van der Waals surface area contributed by atoms with Crippen molar-refractivity contribution in [2.75, 3.05) is 11.9 Å². The Morgan fingerprint density at radius 3 is 2.43 bits per heavy atom. The van der Waals surface area contributed by atoms with E-state index in [4.69, 9.17) is 0 Å². The van der Waals surface area contributed by atoms with Gasteiger partial charge in [0.05, 0.1) is 5.69 Å². The molecule has 0 spiro atoms. The van der Waals surface area contributed by atoms with E-state index < -0.39 is 42.2 Å². The van der Waals surface area contributed by atoms with E-state index in [0.29, 0.717) is 9.37 Å². The number of urea groups is 1. The number of anilines is 1. The number of carbonyl (C=O) groups excluding carboxylic acids is 4. The average Bonchev–Trinajstić information content (AvgIpc) is 2.66. The van der Waals surface area contributed by atoms with Crippen LogP contribution in [-0.4, -0.2) is 46.1 Å². The van der Waals surface area contributed by atoms with Gasteiger partial charge in [-0.1, -0.05) is 15.9 Å². The second-order valence-electron chi connectivity index (χ2n) is 5.12. The maximum atomic E-state index is 13.7. The van der Waals surface area contributed by atoms with E-state index in [1.807, 2.05) is 0 Å². The molecule has 0 aromatic heterocycles. The summed E-state index contributed by atoms with van der Waals surface area (Å²) in [5.74, 6) is -3.51. The number of halogens is 2. The third-order valence-corrected chi connectivity index (χ3v) is 3.60. The normalized spacial score (nSPS) is 14.9. The molecule has 1 aliphatic rings. The number of carbonyl (C=O) groups is 4. The van der Waals surface area contributed by atoms with Crippen LogP contribution in [0.3, 0.4) is 0 Å². The van der Waals surface area contributed by atoms with E-state index in [1.54, 1.807) is 13.8 Å². The van der Waals surface area contributed by atoms with Gasteiger partial charge in [0.15, 0.2) is 0 Å². The molecule has 1 saturated heterocycles. The fourth-order valence-corrected chi connectivity index (χ4v) is 2.37. The largest absolute Gasteiger partial charge is 0.334 e. The van der Waals surface area contributed by atoms with Crippen LogP contribution < -0.4 is 5.32 Å². The van der Waals surface area contributed by atoms with Crippen molar-refractivity contribution in [3.05, 3.63) is 28.5 Å². The van der Waals surface area contributed by atoms with Crippen molar-refractivity contribution < 1.29 is 23.6 Å². The minimum absolute atomic E-state index is 0.0932. The molecule has 7 nitrogen and oxygen atoms in total. The molecule has 23 heavy (non-hydrogen) atoms. The van der Waals surface area contributed by atoms with Crippen LogP contribution >= 0.6 is 15.9 Å². The maximum absolute atomic E-state index is 13.7. The smallest absolute Gasteiger partial charge is 0.322 e. The van der Waals surface area contributed by atoms with Crippen molar-refractivity contribution in [3.8, 4) is 0 Å². The third kappa shape index (κ3) is 3.39. The van der Waals surface area contributed by atoms with E-state index in [2.05, 4.69) is 21.2 Å². The molecule has 0 atom stereocenters. The van der Waals surface area contributed by atoms with Crippen LogP contribution in [0.4, 0.5) is 14.9 Å². The molecular weight excluding hydrogens is 373 g/mol. The number of amides is 5. The molecule has 1 N–H and O–H groups in total. The molecule has 0 aliphatic carbocycles. The van der Waals surface area contributed by atoms with Crippen molar-refractivity contribution in [1.29, 1.82) is 0 Å². The Labute approximate surface area is 139 Å². The third-order valence-electron chi connectivity index (χ3n) is 3.11. The Balaban J connectivity index is 2.10. The highest BCUT2D eigenvalue weighted by molar-refractivity contribution is 9.10. The van der Waals surface area contributed by atoms with Crippen molar-refractivity contribution in [3.63, 3.8) is 0 Å². The highest BCUT2D eigenvalue weighted by Gasteiger charge is 2.46. The molecule has 5 amide bonds. The van der Waals surface area contributed by atoms with Gasteiger partial charge in [0, 0.05) is 10.5 Å². The number of rotatable bonds is 4. The molecule has 1 aliphatic heterocycles. The van der Waals surface area contributed by atoms with Crippen LogP contribution in [0.15, 0.2) is 22.7 Å². The standard InChI is InChI=1S/C14H13BrFN3O4/c1-7(2)19-13(22)12(21)18(14(19)23)6-11(20)17-10-4-3-8(15)5-9(10)16/h3-5,7H,6H2,1-2H3,(H,17,20). The summed E-state index contributed by atoms with van der Waals surface area (Å²) in [6.45, 7) is 2.48. The summed E-state index contributed by atoms with van der Waals surface area (Å²) in [4.78, 5) is 48.7. The average molecular weight is 386 g/mol. The molecule has 1 aromatic rings. The maximum Gasteiger partial charge on any atom is 0.334 e. The first-order valence-corrected chi connectivity index (χ1v) is 7.45. The predicted octanol–water partition coefficient (Wildman–Crippen LogP) is 1.73. The van der Waals surface area contributed by atoms with Crippen LogP contribution in [0.2, 0.25) is 0 Å². The topological polar surface area (TPSA) is 86.8 Å². The second kappa shape index (κ2) is 6.45. The zero-order chi connectivity index (χ0) is 17.3. The van der Waals surface area contributed by atoms with Crippen LogP contribution in [0.5, 0.6) is 0 Å². The first kappa shape index (κ1) is 17.1. The molecular formula is C14H13BrFN3O4. The van der Waals surface area contributed by atoms with Crippen LogP contribution in [0, 0.1) is 5.82 Å². The lowest BCUT2D eigenvalue weighted by atomic mass is 10.3. The van der Waals surface area contributed by atoms with Crippen molar-refractivity contribution in [2.45, 2.75) is 19.9 Å². The zero-order valence-corrected chi connectivity index (χ0v) is 13.9. The van der Waals surface area contributed by atoms with Crippen LogP contribution in [0.25, 0.3) is 0 Å². The second-order valence-corrected chi connectivity index (χ2v) is 6.03. The van der Waals surface area contributed by atoms with Gasteiger partial charge < -0.3 is 5.32 Å². The van der Waals surface area contributed by atoms with Crippen LogP contribution in [0.1, 0.15) is 13.8 Å². The molecule has 1 aromatic carbocycles. The van der Waals surface area contributed by atoms with Crippen molar-refractivity contribution in [2.24, 2.45) is 0 Å². The zero-order valence-electron chi connectivity index (χ0n) is 12.3. The first-order valence-electron chi connectivity index (χ1n) is 6.66.